The van der Waals surface area contributed by atoms with Gasteiger partial charge in [-0.1, -0.05) is 26.0 Å². The highest BCUT2D eigenvalue weighted by Gasteiger charge is 2.20. The van der Waals surface area contributed by atoms with Gasteiger partial charge in [0.05, 0.1) is 7.11 Å². The van der Waals surface area contributed by atoms with Gasteiger partial charge in [0.2, 0.25) is 5.88 Å². The number of aromatic nitrogens is 1. The third-order valence-corrected chi connectivity index (χ3v) is 5.01. The molecular formula is C18H21NOS. The van der Waals surface area contributed by atoms with Crippen molar-refractivity contribution >= 4 is 11.8 Å². The predicted octanol–water partition coefficient (Wildman–Crippen LogP) is 4.75. The largest absolute Gasteiger partial charge is 0.481 e. The first-order valence-corrected chi connectivity index (χ1v) is 8.39. The SMILES string of the molecule is COc1cc(-c2ccc3c(c2SC(C)C)CCC3)ccn1. The van der Waals surface area contributed by atoms with Gasteiger partial charge in [0, 0.05) is 22.4 Å². The van der Waals surface area contributed by atoms with Crippen LogP contribution in [0.1, 0.15) is 31.4 Å². The van der Waals surface area contributed by atoms with Crippen LogP contribution < -0.4 is 4.74 Å². The number of rotatable bonds is 4. The quantitative estimate of drug-likeness (QED) is 0.761. The molecule has 2 nitrogen and oxygen atoms in total. The molecule has 110 valence electrons. The van der Waals surface area contributed by atoms with Crippen LogP contribution in [0.5, 0.6) is 5.88 Å². The maximum absolute atomic E-state index is 5.27. The zero-order valence-electron chi connectivity index (χ0n) is 12.8. The van der Waals surface area contributed by atoms with Crippen LogP contribution in [0.15, 0.2) is 35.4 Å². The number of benzene rings is 1. The molecule has 0 aliphatic heterocycles. The van der Waals surface area contributed by atoms with E-state index in [9.17, 15) is 0 Å². The molecule has 2 aromatic rings. The van der Waals surface area contributed by atoms with Crippen LogP contribution in [-0.2, 0) is 12.8 Å². The Kier molecular flexibility index (Phi) is 4.20. The van der Waals surface area contributed by atoms with E-state index in [0.29, 0.717) is 11.1 Å². The van der Waals surface area contributed by atoms with E-state index in [0.717, 1.165) is 0 Å². The fraction of sp³-hybridized carbons (Fsp3) is 0.389. The molecule has 3 rings (SSSR count). The minimum atomic E-state index is 0.583. The van der Waals surface area contributed by atoms with Gasteiger partial charge >= 0.3 is 0 Å². The smallest absolute Gasteiger partial charge is 0.213 e. The summed E-state index contributed by atoms with van der Waals surface area (Å²) in [5.74, 6) is 0.675. The molecule has 1 aromatic carbocycles. The lowest BCUT2D eigenvalue weighted by atomic mass is 10.0. The maximum Gasteiger partial charge on any atom is 0.213 e. The zero-order valence-corrected chi connectivity index (χ0v) is 13.7. The van der Waals surface area contributed by atoms with Crippen molar-refractivity contribution < 1.29 is 4.74 Å². The molecule has 3 heteroatoms. The lowest BCUT2D eigenvalue weighted by Gasteiger charge is -2.16. The Balaban J connectivity index is 2.12. The highest BCUT2D eigenvalue weighted by molar-refractivity contribution is 8.00. The first kappa shape index (κ1) is 14.5. The molecule has 0 saturated carbocycles. The molecule has 0 spiro atoms. The Labute approximate surface area is 130 Å². The van der Waals surface area contributed by atoms with Crippen molar-refractivity contribution in [3.05, 3.63) is 41.6 Å². The van der Waals surface area contributed by atoms with Crippen molar-refractivity contribution in [2.45, 2.75) is 43.3 Å². The minimum Gasteiger partial charge on any atom is -0.481 e. The number of ether oxygens (including phenoxy) is 1. The second-order valence-electron chi connectivity index (χ2n) is 5.69. The summed E-state index contributed by atoms with van der Waals surface area (Å²) in [5.41, 5.74) is 5.60. The van der Waals surface area contributed by atoms with E-state index in [1.54, 1.807) is 12.7 Å². The van der Waals surface area contributed by atoms with Crippen molar-refractivity contribution in [1.82, 2.24) is 4.98 Å². The first-order chi connectivity index (χ1) is 10.2. The number of thioether (sulfide) groups is 1. The van der Waals surface area contributed by atoms with E-state index in [2.05, 4.69) is 37.0 Å². The third kappa shape index (κ3) is 2.93. The summed E-state index contributed by atoms with van der Waals surface area (Å²) in [7, 11) is 1.67. The van der Waals surface area contributed by atoms with Gasteiger partial charge in [-0.25, -0.2) is 4.98 Å². The summed E-state index contributed by atoms with van der Waals surface area (Å²) in [6.07, 6.45) is 5.54. The molecule has 0 atom stereocenters. The molecule has 0 amide bonds. The van der Waals surface area contributed by atoms with Gasteiger partial charge in [0.1, 0.15) is 0 Å². The van der Waals surface area contributed by atoms with Crippen LogP contribution in [-0.4, -0.2) is 17.3 Å². The number of fused-ring (bicyclic) bond motifs is 1. The Morgan fingerprint density at radius 3 is 2.81 bits per heavy atom. The molecule has 0 fully saturated rings. The molecule has 1 aliphatic carbocycles. The molecule has 0 unspecified atom stereocenters. The molecule has 0 N–H and O–H groups in total. The van der Waals surface area contributed by atoms with E-state index in [1.165, 1.54) is 40.8 Å². The summed E-state index contributed by atoms with van der Waals surface area (Å²) in [6, 6.07) is 8.67. The maximum atomic E-state index is 5.27. The summed E-state index contributed by atoms with van der Waals surface area (Å²) in [5, 5.41) is 0.583. The summed E-state index contributed by atoms with van der Waals surface area (Å²) >= 11 is 1.98. The van der Waals surface area contributed by atoms with Crippen LogP contribution in [0, 0.1) is 0 Å². The number of hydrogen-bond acceptors (Lipinski definition) is 3. The van der Waals surface area contributed by atoms with E-state index >= 15 is 0 Å². The number of nitrogens with zero attached hydrogens (tertiary/aromatic N) is 1. The van der Waals surface area contributed by atoms with E-state index < -0.39 is 0 Å². The van der Waals surface area contributed by atoms with Crippen LogP contribution >= 0.6 is 11.8 Å². The number of aryl methyl sites for hydroxylation is 1. The second kappa shape index (κ2) is 6.10. The van der Waals surface area contributed by atoms with Crippen molar-refractivity contribution in [1.29, 1.82) is 0 Å². The normalized spacial score (nSPS) is 13.5. The Hall–Kier alpha value is -1.48. The Bertz CT molecular complexity index is 652. The van der Waals surface area contributed by atoms with E-state index in [4.69, 9.17) is 4.74 Å². The molecule has 1 heterocycles. The topological polar surface area (TPSA) is 22.1 Å². The highest BCUT2D eigenvalue weighted by Crippen LogP contribution is 2.41. The van der Waals surface area contributed by atoms with Crippen LogP contribution in [0.2, 0.25) is 0 Å². The molecule has 0 radical (unpaired) electrons. The Morgan fingerprint density at radius 2 is 2.05 bits per heavy atom. The average Bonchev–Trinajstić information content (AvgIpc) is 2.96. The monoisotopic (exact) mass is 299 g/mol. The van der Waals surface area contributed by atoms with E-state index in [1.807, 2.05) is 24.0 Å². The van der Waals surface area contributed by atoms with Crippen molar-refractivity contribution in [3.8, 4) is 17.0 Å². The van der Waals surface area contributed by atoms with Gasteiger partial charge in [-0.05, 0) is 47.6 Å². The minimum absolute atomic E-state index is 0.583. The van der Waals surface area contributed by atoms with Crippen molar-refractivity contribution in [2.75, 3.05) is 7.11 Å². The predicted molar refractivity (Wildman–Crippen MR) is 89.2 cm³/mol. The molecule has 0 saturated heterocycles. The van der Waals surface area contributed by atoms with Gasteiger partial charge in [-0.2, -0.15) is 0 Å². The van der Waals surface area contributed by atoms with Gasteiger partial charge in [0.15, 0.2) is 0 Å². The van der Waals surface area contributed by atoms with Gasteiger partial charge in [0.25, 0.3) is 0 Å². The fourth-order valence-electron chi connectivity index (χ4n) is 2.92. The molecule has 21 heavy (non-hydrogen) atoms. The third-order valence-electron chi connectivity index (χ3n) is 3.84. The standard InChI is InChI=1S/C18H21NOS/c1-12(2)21-18-15-6-4-5-13(15)7-8-16(18)14-9-10-19-17(11-14)20-3/h7-12H,4-6H2,1-3H3. The zero-order chi connectivity index (χ0) is 14.8. The highest BCUT2D eigenvalue weighted by atomic mass is 32.2. The van der Waals surface area contributed by atoms with Crippen LogP contribution in [0.3, 0.4) is 0 Å². The van der Waals surface area contributed by atoms with Crippen LogP contribution in [0.25, 0.3) is 11.1 Å². The molecule has 1 aliphatic rings. The fourth-order valence-corrected chi connectivity index (χ4v) is 4.08. The van der Waals surface area contributed by atoms with Crippen molar-refractivity contribution in [2.24, 2.45) is 0 Å². The summed E-state index contributed by atoms with van der Waals surface area (Å²) < 4.78 is 5.27. The number of hydrogen-bond donors (Lipinski definition) is 0. The Morgan fingerprint density at radius 1 is 1.19 bits per heavy atom. The average molecular weight is 299 g/mol. The van der Waals surface area contributed by atoms with Gasteiger partial charge in [-0.15, -0.1) is 11.8 Å². The molecule has 1 aromatic heterocycles. The molecule has 0 bridgehead atoms. The summed E-state index contributed by atoms with van der Waals surface area (Å²) in [6.45, 7) is 4.52. The number of pyridine rings is 1. The van der Waals surface area contributed by atoms with Gasteiger partial charge in [-0.3, -0.25) is 0 Å². The van der Waals surface area contributed by atoms with Crippen LogP contribution in [0.4, 0.5) is 0 Å². The lowest BCUT2D eigenvalue weighted by molar-refractivity contribution is 0.398. The lowest BCUT2D eigenvalue weighted by Crippen LogP contribution is -1.96. The van der Waals surface area contributed by atoms with Crippen molar-refractivity contribution in [3.63, 3.8) is 0 Å². The first-order valence-electron chi connectivity index (χ1n) is 7.51. The van der Waals surface area contributed by atoms with E-state index in [-0.39, 0.29) is 0 Å². The second-order valence-corrected chi connectivity index (χ2v) is 7.27. The van der Waals surface area contributed by atoms with Gasteiger partial charge < -0.3 is 4.74 Å². The number of methoxy groups -OCH3 is 1. The molecular weight excluding hydrogens is 278 g/mol. The summed E-state index contributed by atoms with van der Waals surface area (Å²) in [4.78, 5) is 5.67.